The maximum atomic E-state index is 12.0. The number of nitrogens with one attached hydrogen (secondary N) is 1. The predicted molar refractivity (Wildman–Crippen MR) is 107 cm³/mol. The fourth-order valence-electron chi connectivity index (χ4n) is 4.19. The van der Waals surface area contributed by atoms with Crippen LogP contribution in [0.4, 0.5) is 11.8 Å². The van der Waals surface area contributed by atoms with Crippen molar-refractivity contribution < 1.29 is 9.90 Å². The van der Waals surface area contributed by atoms with Crippen molar-refractivity contribution in [3.8, 4) is 0 Å². The number of amides is 1. The third-order valence-electron chi connectivity index (χ3n) is 6.17. The molecule has 0 spiro atoms. The number of carbonyl (C=O) groups is 1. The molecule has 154 valence electrons. The van der Waals surface area contributed by atoms with Crippen LogP contribution in [0, 0.1) is 5.92 Å². The SMILES string of the molecule is O=C(NCc1cc2n(n1)CCN(c1nccc(N3CCC(O)C3)n1)C2)C1CCC1. The van der Waals surface area contributed by atoms with E-state index in [-0.39, 0.29) is 17.9 Å². The van der Waals surface area contributed by atoms with E-state index in [4.69, 9.17) is 4.98 Å². The number of rotatable bonds is 5. The molecule has 2 aromatic heterocycles. The van der Waals surface area contributed by atoms with Gasteiger partial charge in [-0.2, -0.15) is 10.1 Å². The van der Waals surface area contributed by atoms with E-state index in [9.17, 15) is 9.90 Å². The first kappa shape index (κ1) is 18.4. The molecule has 2 N–H and O–H groups in total. The van der Waals surface area contributed by atoms with Gasteiger partial charge in [0.05, 0.1) is 37.1 Å². The minimum absolute atomic E-state index is 0.154. The van der Waals surface area contributed by atoms with Crippen LogP contribution in [-0.4, -0.2) is 56.5 Å². The molecule has 4 heterocycles. The highest BCUT2D eigenvalue weighted by molar-refractivity contribution is 5.79. The summed E-state index contributed by atoms with van der Waals surface area (Å²) in [6, 6.07) is 3.96. The Labute approximate surface area is 169 Å². The van der Waals surface area contributed by atoms with Gasteiger partial charge in [0.2, 0.25) is 11.9 Å². The zero-order valence-corrected chi connectivity index (χ0v) is 16.5. The predicted octanol–water partition coefficient (Wildman–Crippen LogP) is 0.681. The number of hydrogen-bond acceptors (Lipinski definition) is 7. The molecule has 0 bridgehead atoms. The number of carbonyl (C=O) groups excluding carboxylic acids is 1. The smallest absolute Gasteiger partial charge is 0.227 e. The van der Waals surface area contributed by atoms with Crippen molar-refractivity contribution in [3.05, 3.63) is 29.7 Å². The topological polar surface area (TPSA) is 99.4 Å². The van der Waals surface area contributed by atoms with Gasteiger partial charge in [0.15, 0.2) is 0 Å². The molecular weight excluding hydrogens is 370 g/mol. The highest BCUT2D eigenvalue weighted by Gasteiger charge is 2.26. The van der Waals surface area contributed by atoms with E-state index in [1.807, 2.05) is 10.7 Å². The molecule has 1 unspecified atom stereocenters. The molecule has 0 radical (unpaired) electrons. The van der Waals surface area contributed by atoms with E-state index in [1.54, 1.807) is 6.20 Å². The van der Waals surface area contributed by atoms with Gasteiger partial charge in [0.1, 0.15) is 5.82 Å². The van der Waals surface area contributed by atoms with Crippen LogP contribution in [0.1, 0.15) is 37.1 Å². The van der Waals surface area contributed by atoms with Crippen LogP contribution in [0.5, 0.6) is 0 Å². The van der Waals surface area contributed by atoms with Crippen molar-refractivity contribution in [2.45, 2.75) is 51.4 Å². The highest BCUT2D eigenvalue weighted by atomic mass is 16.3. The quantitative estimate of drug-likeness (QED) is 0.765. The molecule has 2 fully saturated rings. The largest absolute Gasteiger partial charge is 0.391 e. The van der Waals surface area contributed by atoms with Crippen LogP contribution in [0.2, 0.25) is 0 Å². The Balaban J connectivity index is 1.24. The molecular formula is C20H27N7O2. The van der Waals surface area contributed by atoms with Crippen molar-refractivity contribution >= 4 is 17.7 Å². The molecule has 1 amide bonds. The second-order valence-corrected chi connectivity index (χ2v) is 8.22. The van der Waals surface area contributed by atoms with Crippen LogP contribution in [0.15, 0.2) is 18.3 Å². The molecule has 0 aromatic carbocycles. The van der Waals surface area contributed by atoms with Crippen molar-refractivity contribution in [2.24, 2.45) is 5.92 Å². The second-order valence-electron chi connectivity index (χ2n) is 8.22. The van der Waals surface area contributed by atoms with Gasteiger partial charge in [-0.1, -0.05) is 6.42 Å². The van der Waals surface area contributed by atoms with E-state index >= 15 is 0 Å². The number of aliphatic hydroxyl groups is 1. The molecule has 2 aromatic rings. The van der Waals surface area contributed by atoms with Gasteiger partial charge < -0.3 is 20.2 Å². The van der Waals surface area contributed by atoms with Crippen molar-refractivity contribution in [1.82, 2.24) is 25.1 Å². The van der Waals surface area contributed by atoms with E-state index < -0.39 is 0 Å². The van der Waals surface area contributed by atoms with E-state index in [0.29, 0.717) is 25.6 Å². The Hall–Kier alpha value is -2.68. The maximum absolute atomic E-state index is 12.0. The van der Waals surface area contributed by atoms with Gasteiger partial charge in [-0.05, 0) is 31.4 Å². The van der Waals surface area contributed by atoms with Gasteiger partial charge in [-0.15, -0.1) is 0 Å². The molecule has 1 saturated carbocycles. The number of nitrogens with zero attached hydrogens (tertiary/aromatic N) is 6. The number of anilines is 2. The summed E-state index contributed by atoms with van der Waals surface area (Å²) in [6.45, 7) is 4.17. The number of hydrogen-bond donors (Lipinski definition) is 2. The summed E-state index contributed by atoms with van der Waals surface area (Å²) in [7, 11) is 0. The maximum Gasteiger partial charge on any atom is 0.227 e. The van der Waals surface area contributed by atoms with E-state index in [2.05, 4.69) is 31.3 Å². The number of aromatic nitrogens is 4. The molecule has 29 heavy (non-hydrogen) atoms. The Morgan fingerprint density at radius 3 is 2.86 bits per heavy atom. The first-order valence-corrected chi connectivity index (χ1v) is 10.5. The zero-order valence-electron chi connectivity index (χ0n) is 16.5. The van der Waals surface area contributed by atoms with E-state index in [1.165, 1.54) is 0 Å². The van der Waals surface area contributed by atoms with Crippen LogP contribution < -0.4 is 15.1 Å². The normalized spacial score (nSPS) is 21.8. The fourth-order valence-corrected chi connectivity index (χ4v) is 4.19. The summed E-state index contributed by atoms with van der Waals surface area (Å²) in [4.78, 5) is 25.5. The average Bonchev–Trinajstić information content (AvgIpc) is 3.30. The van der Waals surface area contributed by atoms with Gasteiger partial charge >= 0.3 is 0 Å². The zero-order chi connectivity index (χ0) is 19.8. The third-order valence-corrected chi connectivity index (χ3v) is 6.17. The van der Waals surface area contributed by atoms with Gasteiger partial charge in [0, 0.05) is 31.7 Å². The molecule has 1 aliphatic carbocycles. The highest BCUT2D eigenvalue weighted by Crippen LogP contribution is 2.26. The van der Waals surface area contributed by atoms with Crippen LogP contribution in [-0.2, 0) is 24.4 Å². The molecule has 1 atom stereocenters. The van der Waals surface area contributed by atoms with Gasteiger partial charge in [0.25, 0.3) is 0 Å². The Kier molecular flexibility index (Phi) is 4.83. The standard InChI is InChI=1S/C20H27N7O2/c28-17-5-7-25(13-17)18-4-6-21-20(23-18)26-8-9-27-16(12-26)10-15(24-27)11-22-19(29)14-2-1-3-14/h4,6,10,14,17,28H,1-3,5,7-9,11-13H2,(H,22,29). The van der Waals surface area contributed by atoms with Crippen molar-refractivity contribution in [3.63, 3.8) is 0 Å². The molecule has 9 nitrogen and oxygen atoms in total. The molecule has 3 aliphatic rings. The minimum atomic E-state index is -0.277. The van der Waals surface area contributed by atoms with Crippen LogP contribution in [0.25, 0.3) is 0 Å². The molecule has 2 aliphatic heterocycles. The third kappa shape index (κ3) is 3.78. The van der Waals surface area contributed by atoms with Crippen LogP contribution >= 0.6 is 0 Å². The summed E-state index contributed by atoms with van der Waals surface area (Å²) in [5, 5.41) is 17.4. The molecule has 5 rings (SSSR count). The lowest BCUT2D eigenvalue weighted by Crippen LogP contribution is -2.35. The summed E-state index contributed by atoms with van der Waals surface area (Å²) in [5.41, 5.74) is 2.00. The van der Waals surface area contributed by atoms with Crippen molar-refractivity contribution in [1.29, 1.82) is 0 Å². The summed E-state index contributed by atoms with van der Waals surface area (Å²) in [5.74, 6) is 1.92. The second kappa shape index (κ2) is 7.62. The first-order chi connectivity index (χ1) is 14.2. The summed E-state index contributed by atoms with van der Waals surface area (Å²) < 4.78 is 2.02. The lowest BCUT2D eigenvalue weighted by molar-refractivity contribution is -0.127. The fraction of sp³-hybridized carbons (Fsp3) is 0.600. The monoisotopic (exact) mass is 397 g/mol. The number of β-amino-alcohol motifs (C(OH)–C–C–N with tert-alkyl or cyclic N) is 1. The molecule has 9 heteroatoms. The van der Waals surface area contributed by atoms with Crippen LogP contribution in [0.3, 0.4) is 0 Å². The Bertz CT molecular complexity index is 895. The van der Waals surface area contributed by atoms with Crippen molar-refractivity contribution in [2.75, 3.05) is 29.4 Å². The van der Waals surface area contributed by atoms with Gasteiger partial charge in [-0.3, -0.25) is 9.48 Å². The minimum Gasteiger partial charge on any atom is -0.391 e. The Morgan fingerprint density at radius 2 is 2.10 bits per heavy atom. The van der Waals surface area contributed by atoms with Gasteiger partial charge in [-0.25, -0.2) is 4.98 Å². The molecule has 1 saturated heterocycles. The first-order valence-electron chi connectivity index (χ1n) is 10.5. The summed E-state index contributed by atoms with van der Waals surface area (Å²) >= 11 is 0. The number of aliphatic hydroxyl groups excluding tert-OH is 1. The van der Waals surface area contributed by atoms with E-state index in [0.717, 1.165) is 62.5 Å². The lowest BCUT2D eigenvalue weighted by atomic mass is 9.85. The Morgan fingerprint density at radius 1 is 1.21 bits per heavy atom. The lowest BCUT2D eigenvalue weighted by Gasteiger charge is -2.28. The number of fused-ring (bicyclic) bond motifs is 1. The average molecular weight is 397 g/mol. The summed E-state index contributed by atoms with van der Waals surface area (Å²) in [6.07, 6.45) is 5.47.